The van der Waals surface area contributed by atoms with Gasteiger partial charge in [0.25, 0.3) is 0 Å². The van der Waals surface area contributed by atoms with E-state index in [1.54, 1.807) is 0 Å². The predicted octanol–water partition coefficient (Wildman–Crippen LogP) is 12.1. The standard InChI is InChI=1S/C45H32N2/c1-45(2)39-14-8-6-12-33(39)34-20-16-31(27-40(34)45)29-18-22-42-37(25-29)36-24-28(17-21-41(36)46-42)30-19-23-44-38(26-30)35-13-7-9-15-43(35)47(44)32-10-4-3-5-11-32/h3-27,46H,1-2H3. The maximum Gasteiger partial charge on any atom is 0.0541 e. The van der Waals surface area contributed by atoms with E-state index in [9.17, 15) is 0 Å². The van der Waals surface area contributed by atoms with Gasteiger partial charge in [0.2, 0.25) is 0 Å². The lowest BCUT2D eigenvalue weighted by atomic mass is 9.81. The van der Waals surface area contributed by atoms with Crippen molar-refractivity contribution in [2.24, 2.45) is 0 Å². The van der Waals surface area contributed by atoms with Crippen LogP contribution in [-0.4, -0.2) is 9.55 Å². The lowest BCUT2D eigenvalue weighted by Gasteiger charge is -2.22. The Morgan fingerprint density at radius 2 is 0.979 bits per heavy atom. The smallest absolute Gasteiger partial charge is 0.0541 e. The largest absolute Gasteiger partial charge is 0.355 e. The molecule has 0 atom stereocenters. The van der Waals surface area contributed by atoms with Crippen LogP contribution in [-0.2, 0) is 5.41 Å². The molecule has 0 amide bonds. The van der Waals surface area contributed by atoms with Crippen molar-refractivity contribution in [2.75, 3.05) is 0 Å². The second-order valence-corrected chi connectivity index (χ2v) is 13.5. The van der Waals surface area contributed by atoms with Gasteiger partial charge in [0.15, 0.2) is 0 Å². The zero-order chi connectivity index (χ0) is 31.3. The van der Waals surface area contributed by atoms with E-state index in [1.165, 1.54) is 82.8 Å². The number of H-pyrrole nitrogens is 1. The first kappa shape index (κ1) is 26.4. The first-order valence-corrected chi connectivity index (χ1v) is 16.4. The average Bonchev–Trinajstić information content (AvgIpc) is 3.73. The molecule has 1 aliphatic carbocycles. The zero-order valence-electron chi connectivity index (χ0n) is 26.4. The molecule has 0 unspecified atom stereocenters. The fourth-order valence-corrected chi connectivity index (χ4v) is 8.15. The summed E-state index contributed by atoms with van der Waals surface area (Å²) in [5.41, 5.74) is 16.4. The molecule has 0 spiro atoms. The molecule has 0 saturated carbocycles. The summed E-state index contributed by atoms with van der Waals surface area (Å²) < 4.78 is 2.37. The fourth-order valence-electron chi connectivity index (χ4n) is 8.15. The molecule has 0 saturated heterocycles. The Bertz CT molecular complexity index is 2700. The zero-order valence-corrected chi connectivity index (χ0v) is 26.4. The maximum atomic E-state index is 3.67. The number of para-hydroxylation sites is 2. The van der Waals surface area contributed by atoms with E-state index in [2.05, 4.69) is 175 Å². The second-order valence-electron chi connectivity index (χ2n) is 13.5. The van der Waals surface area contributed by atoms with Gasteiger partial charge in [-0.15, -0.1) is 0 Å². The van der Waals surface area contributed by atoms with Crippen LogP contribution in [0.15, 0.2) is 152 Å². The number of rotatable bonds is 3. The van der Waals surface area contributed by atoms with Crippen LogP contribution in [0.3, 0.4) is 0 Å². The second kappa shape index (κ2) is 9.57. The fraction of sp³-hybridized carbons (Fsp3) is 0.0667. The van der Waals surface area contributed by atoms with E-state index in [0.717, 1.165) is 11.0 Å². The van der Waals surface area contributed by atoms with Gasteiger partial charge in [-0.05, 0) is 105 Å². The van der Waals surface area contributed by atoms with Crippen LogP contribution in [0, 0.1) is 0 Å². The summed E-state index contributed by atoms with van der Waals surface area (Å²) in [6.45, 7) is 4.70. The SMILES string of the molecule is CC1(C)c2ccccc2-c2ccc(-c3ccc4[nH]c5ccc(-c6ccc7c(c6)c6ccccc6n7-c6ccccc6)cc5c4c3)cc21. The molecule has 1 N–H and O–H groups in total. The number of hydrogen-bond donors (Lipinski definition) is 1. The van der Waals surface area contributed by atoms with Crippen molar-refractivity contribution in [1.82, 2.24) is 9.55 Å². The van der Waals surface area contributed by atoms with Crippen molar-refractivity contribution in [3.8, 4) is 39.1 Å². The number of hydrogen-bond acceptors (Lipinski definition) is 0. The Labute approximate surface area is 273 Å². The van der Waals surface area contributed by atoms with E-state index in [4.69, 9.17) is 0 Å². The molecule has 222 valence electrons. The first-order chi connectivity index (χ1) is 23.0. The number of nitrogens with one attached hydrogen (secondary N) is 1. The molecule has 10 rings (SSSR count). The normalized spacial score (nSPS) is 13.5. The third kappa shape index (κ3) is 3.79. The molecule has 7 aromatic carbocycles. The van der Waals surface area contributed by atoms with Gasteiger partial charge in [-0.2, -0.15) is 0 Å². The Morgan fingerprint density at radius 3 is 1.74 bits per heavy atom. The van der Waals surface area contributed by atoms with Crippen molar-refractivity contribution in [1.29, 1.82) is 0 Å². The monoisotopic (exact) mass is 600 g/mol. The van der Waals surface area contributed by atoms with E-state index in [-0.39, 0.29) is 5.41 Å². The van der Waals surface area contributed by atoms with Gasteiger partial charge >= 0.3 is 0 Å². The summed E-state index contributed by atoms with van der Waals surface area (Å²) in [6.07, 6.45) is 0. The van der Waals surface area contributed by atoms with Crippen LogP contribution >= 0.6 is 0 Å². The van der Waals surface area contributed by atoms with Gasteiger partial charge in [0, 0.05) is 43.7 Å². The Morgan fingerprint density at radius 1 is 0.426 bits per heavy atom. The quantitative estimate of drug-likeness (QED) is 0.208. The maximum absolute atomic E-state index is 3.67. The van der Waals surface area contributed by atoms with E-state index < -0.39 is 0 Å². The van der Waals surface area contributed by atoms with Crippen LogP contribution in [0.5, 0.6) is 0 Å². The summed E-state index contributed by atoms with van der Waals surface area (Å²) in [4.78, 5) is 3.67. The number of nitrogens with zero attached hydrogens (tertiary/aromatic N) is 1. The molecule has 0 fully saturated rings. The minimum absolute atomic E-state index is 0.0176. The van der Waals surface area contributed by atoms with E-state index in [1.807, 2.05) is 0 Å². The molecular weight excluding hydrogens is 569 g/mol. The van der Waals surface area contributed by atoms with E-state index >= 15 is 0 Å². The van der Waals surface area contributed by atoms with Crippen LogP contribution in [0.1, 0.15) is 25.0 Å². The Balaban J connectivity index is 1.10. The van der Waals surface area contributed by atoms with Crippen LogP contribution in [0.4, 0.5) is 0 Å². The van der Waals surface area contributed by atoms with Gasteiger partial charge in [0.05, 0.1) is 11.0 Å². The van der Waals surface area contributed by atoms with Crippen molar-refractivity contribution >= 4 is 43.6 Å². The molecule has 0 radical (unpaired) electrons. The highest BCUT2D eigenvalue weighted by Crippen LogP contribution is 2.49. The third-order valence-corrected chi connectivity index (χ3v) is 10.5. The van der Waals surface area contributed by atoms with Gasteiger partial charge in [-0.1, -0.05) is 105 Å². The minimum Gasteiger partial charge on any atom is -0.355 e. The predicted molar refractivity (Wildman–Crippen MR) is 199 cm³/mol. The lowest BCUT2D eigenvalue weighted by molar-refractivity contribution is 0.660. The third-order valence-electron chi connectivity index (χ3n) is 10.5. The average molecular weight is 601 g/mol. The van der Waals surface area contributed by atoms with Gasteiger partial charge in [-0.3, -0.25) is 0 Å². The Hall–Kier alpha value is -5.86. The number of aromatic amines is 1. The van der Waals surface area contributed by atoms with Crippen LogP contribution < -0.4 is 0 Å². The van der Waals surface area contributed by atoms with Crippen molar-refractivity contribution in [3.05, 3.63) is 163 Å². The molecule has 2 heteroatoms. The number of fused-ring (bicyclic) bond motifs is 9. The number of benzene rings is 7. The van der Waals surface area contributed by atoms with Crippen LogP contribution in [0.25, 0.3) is 82.7 Å². The summed E-state index contributed by atoms with van der Waals surface area (Å²) in [6, 6.07) is 55.9. The lowest BCUT2D eigenvalue weighted by Crippen LogP contribution is -2.14. The molecule has 9 aromatic rings. The number of aromatic nitrogens is 2. The molecule has 0 bridgehead atoms. The van der Waals surface area contributed by atoms with Crippen molar-refractivity contribution < 1.29 is 0 Å². The molecule has 2 heterocycles. The highest BCUT2D eigenvalue weighted by molar-refractivity contribution is 6.12. The van der Waals surface area contributed by atoms with Gasteiger partial charge in [-0.25, -0.2) is 0 Å². The summed E-state index contributed by atoms with van der Waals surface area (Å²) >= 11 is 0. The Kier molecular flexibility index (Phi) is 5.37. The molecular formula is C45H32N2. The molecule has 2 nitrogen and oxygen atoms in total. The van der Waals surface area contributed by atoms with Crippen molar-refractivity contribution in [3.63, 3.8) is 0 Å². The van der Waals surface area contributed by atoms with Gasteiger partial charge in [0.1, 0.15) is 0 Å². The molecule has 2 aromatic heterocycles. The molecule has 47 heavy (non-hydrogen) atoms. The minimum atomic E-state index is -0.0176. The molecule has 0 aliphatic heterocycles. The van der Waals surface area contributed by atoms with Crippen LogP contribution in [0.2, 0.25) is 0 Å². The highest BCUT2D eigenvalue weighted by Gasteiger charge is 2.35. The topological polar surface area (TPSA) is 20.7 Å². The van der Waals surface area contributed by atoms with E-state index in [0.29, 0.717) is 0 Å². The molecule has 1 aliphatic rings. The van der Waals surface area contributed by atoms with Crippen molar-refractivity contribution in [2.45, 2.75) is 19.3 Å². The highest BCUT2D eigenvalue weighted by atomic mass is 15.0. The summed E-state index contributed by atoms with van der Waals surface area (Å²) in [5, 5.41) is 5.04. The summed E-state index contributed by atoms with van der Waals surface area (Å²) in [7, 11) is 0. The van der Waals surface area contributed by atoms with Gasteiger partial charge < -0.3 is 9.55 Å². The summed E-state index contributed by atoms with van der Waals surface area (Å²) in [5.74, 6) is 0. The first-order valence-electron chi connectivity index (χ1n) is 16.4.